The van der Waals surface area contributed by atoms with E-state index >= 15 is 0 Å². The Balaban J connectivity index is 1.25. The molecule has 2 saturated heterocycles. The van der Waals surface area contributed by atoms with Gasteiger partial charge >= 0.3 is 12.8 Å². The molecule has 13 heteroatoms. The van der Waals surface area contributed by atoms with Crippen molar-refractivity contribution in [1.82, 2.24) is 15.1 Å². The molecule has 2 heterocycles. The number of amides is 2. The standard InChI is InChI=1S/C20H22F6N4O3/c21-11-3-12(5-15(4-11)33-18(22)23)27-16(31)9-29-7-14-6-13(29)8-30(14)10-17(32)28-19(1-2-19)20(24,25)26/h3-5,13-14,18H,1-2,6-10H2,(H,27,31)(H,28,32)/t13-,14-/m0/s1. The summed E-state index contributed by atoms with van der Waals surface area (Å²) < 4.78 is 81.4. The number of carbonyl (C=O) groups is 2. The van der Waals surface area contributed by atoms with Gasteiger partial charge in [-0.1, -0.05) is 0 Å². The van der Waals surface area contributed by atoms with Crippen LogP contribution < -0.4 is 15.4 Å². The monoisotopic (exact) mass is 480 g/mol. The fourth-order valence-electron chi connectivity index (χ4n) is 4.51. The van der Waals surface area contributed by atoms with E-state index in [2.05, 4.69) is 15.4 Å². The van der Waals surface area contributed by atoms with Crippen LogP contribution in [0, 0.1) is 5.82 Å². The fraction of sp³-hybridized carbons (Fsp3) is 0.600. The summed E-state index contributed by atoms with van der Waals surface area (Å²) in [5.41, 5.74) is -2.12. The Hall–Kier alpha value is -2.54. The molecule has 2 atom stereocenters. The van der Waals surface area contributed by atoms with E-state index in [9.17, 15) is 35.9 Å². The van der Waals surface area contributed by atoms with Gasteiger partial charge in [0.05, 0.1) is 13.1 Å². The molecule has 0 radical (unpaired) electrons. The molecular weight excluding hydrogens is 458 g/mol. The summed E-state index contributed by atoms with van der Waals surface area (Å²) >= 11 is 0. The minimum Gasteiger partial charge on any atom is -0.435 e. The highest BCUT2D eigenvalue weighted by Gasteiger charge is 2.64. The van der Waals surface area contributed by atoms with Gasteiger partial charge in [0.1, 0.15) is 17.1 Å². The second kappa shape index (κ2) is 8.67. The number of likely N-dealkylation sites (tertiary alicyclic amines) is 2. The third-order valence-electron chi connectivity index (χ3n) is 6.21. The first-order valence-corrected chi connectivity index (χ1v) is 10.4. The molecular formula is C20H22F6N4O3. The first kappa shape index (κ1) is 23.6. The highest BCUT2D eigenvalue weighted by Crippen LogP contribution is 2.48. The Morgan fingerprint density at radius 3 is 2.18 bits per heavy atom. The van der Waals surface area contributed by atoms with Crippen molar-refractivity contribution in [3.8, 4) is 5.75 Å². The molecule has 1 aromatic rings. The van der Waals surface area contributed by atoms with Crippen molar-refractivity contribution < 1.29 is 40.7 Å². The fourth-order valence-corrected chi connectivity index (χ4v) is 4.51. The predicted octanol–water partition coefficient (Wildman–Crippen LogP) is 2.34. The van der Waals surface area contributed by atoms with E-state index in [1.165, 1.54) is 0 Å². The van der Waals surface area contributed by atoms with E-state index in [1.807, 2.05) is 4.90 Å². The molecule has 3 aliphatic rings. The molecule has 7 nitrogen and oxygen atoms in total. The van der Waals surface area contributed by atoms with Crippen molar-refractivity contribution in [3.05, 3.63) is 24.0 Å². The summed E-state index contributed by atoms with van der Waals surface area (Å²) in [5.74, 6) is -2.43. The van der Waals surface area contributed by atoms with E-state index in [-0.39, 0.29) is 43.7 Å². The number of carbonyl (C=O) groups excluding carboxylic acids is 2. The molecule has 1 aliphatic carbocycles. The molecule has 1 saturated carbocycles. The van der Waals surface area contributed by atoms with Gasteiger partial charge < -0.3 is 15.4 Å². The number of nitrogens with one attached hydrogen (secondary N) is 2. The van der Waals surface area contributed by atoms with E-state index in [1.54, 1.807) is 4.90 Å². The number of nitrogens with zero attached hydrogens (tertiary/aromatic N) is 2. The van der Waals surface area contributed by atoms with Crippen LogP contribution >= 0.6 is 0 Å². The van der Waals surface area contributed by atoms with Crippen LogP contribution in [0.3, 0.4) is 0 Å². The topological polar surface area (TPSA) is 73.9 Å². The van der Waals surface area contributed by atoms with Crippen molar-refractivity contribution in [1.29, 1.82) is 0 Å². The van der Waals surface area contributed by atoms with Crippen molar-refractivity contribution >= 4 is 17.5 Å². The maximum absolute atomic E-state index is 13.6. The lowest BCUT2D eigenvalue weighted by Crippen LogP contribution is -2.54. The van der Waals surface area contributed by atoms with Gasteiger partial charge in [0.25, 0.3) is 0 Å². The number of hydrogen-bond donors (Lipinski definition) is 2. The van der Waals surface area contributed by atoms with Gasteiger partial charge in [0.15, 0.2) is 0 Å². The van der Waals surface area contributed by atoms with Crippen LogP contribution in [0.15, 0.2) is 18.2 Å². The maximum Gasteiger partial charge on any atom is 0.411 e. The summed E-state index contributed by atoms with van der Waals surface area (Å²) in [6.07, 6.45) is -4.03. The second-order valence-corrected chi connectivity index (χ2v) is 8.63. The van der Waals surface area contributed by atoms with E-state index in [0.29, 0.717) is 19.5 Å². The van der Waals surface area contributed by atoms with Crippen molar-refractivity contribution in [2.24, 2.45) is 0 Å². The van der Waals surface area contributed by atoms with Gasteiger partial charge in [-0.3, -0.25) is 19.4 Å². The smallest absolute Gasteiger partial charge is 0.411 e. The number of benzene rings is 1. The van der Waals surface area contributed by atoms with Gasteiger partial charge in [-0.2, -0.15) is 22.0 Å². The van der Waals surface area contributed by atoms with Gasteiger partial charge in [0, 0.05) is 43.0 Å². The predicted molar refractivity (Wildman–Crippen MR) is 103 cm³/mol. The molecule has 0 spiro atoms. The minimum absolute atomic E-state index is 0.0306. The van der Waals surface area contributed by atoms with Crippen LogP contribution in [0.5, 0.6) is 5.75 Å². The van der Waals surface area contributed by atoms with Gasteiger partial charge in [-0.05, 0) is 25.3 Å². The quantitative estimate of drug-likeness (QED) is 0.559. The zero-order valence-electron chi connectivity index (χ0n) is 17.3. The van der Waals surface area contributed by atoms with E-state index in [0.717, 1.165) is 18.2 Å². The summed E-state index contributed by atoms with van der Waals surface area (Å²) in [6, 6.07) is 2.69. The molecule has 2 bridgehead atoms. The van der Waals surface area contributed by atoms with Crippen LogP contribution in [0.2, 0.25) is 0 Å². The molecule has 0 unspecified atom stereocenters. The largest absolute Gasteiger partial charge is 0.435 e. The Kier molecular flexibility index (Phi) is 6.20. The third-order valence-corrected chi connectivity index (χ3v) is 6.21. The highest BCUT2D eigenvalue weighted by atomic mass is 19.4. The Bertz CT molecular complexity index is 924. The number of hydrogen-bond acceptors (Lipinski definition) is 5. The molecule has 182 valence electrons. The first-order valence-electron chi connectivity index (χ1n) is 10.4. The van der Waals surface area contributed by atoms with Crippen molar-refractivity contribution in [2.45, 2.75) is 49.7 Å². The molecule has 3 fully saturated rings. The first-order chi connectivity index (χ1) is 15.4. The highest BCUT2D eigenvalue weighted by molar-refractivity contribution is 5.92. The number of rotatable bonds is 8. The zero-order chi connectivity index (χ0) is 24.0. The van der Waals surface area contributed by atoms with Crippen LogP contribution in [0.25, 0.3) is 0 Å². The lowest BCUT2D eigenvalue weighted by atomic mass is 10.2. The van der Waals surface area contributed by atoms with E-state index < -0.39 is 41.7 Å². The molecule has 0 aromatic heterocycles. The molecule has 1 aromatic carbocycles. The SMILES string of the molecule is O=C(CN1C[C@@H]2C[C@H]1CN2CC(=O)NC1(C(F)(F)F)CC1)Nc1cc(F)cc(OC(F)F)c1. The number of piperazine rings is 1. The van der Waals surface area contributed by atoms with Crippen molar-refractivity contribution in [2.75, 3.05) is 31.5 Å². The second-order valence-electron chi connectivity index (χ2n) is 8.63. The summed E-state index contributed by atoms with van der Waals surface area (Å²) in [6.45, 7) is -2.45. The summed E-state index contributed by atoms with van der Waals surface area (Å²) in [7, 11) is 0. The summed E-state index contributed by atoms with van der Waals surface area (Å²) in [5, 5.41) is 4.56. The maximum atomic E-state index is 13.6. The minimum atomic E-state index is -4.47. The van der Waals surface area contributed by atoms with Crippen LogP contribution in [-0.4, -0.2) is 78.2 Å². The third kappa shape index (κ3) is 5.35. The lowest BCUT2D eigenvalue weighted by molar-refractivity contribution is -0.170. The normalized spacial score (nSPS) is 24.2. The van der Waals surface area contributed by atoms with Crippen LogP contribution in [0.1, 0.15) is 19.3 Å². The zero-order valence-corrected chi connectivity index (χ0v) is 17.3. The molecule has 33 heavy (non-hydrogen) atoms. The number of halogens is 6. The Morgan fingerprint density at radius 2 is 1.67 bits per heavy atom. The van der Waals surface area contributed by atoms with Crippen LogP contribution in [0.4, 0.5) is 32.0 Å². The van der Waals surface area contributed by atoms with Crippen LogP contribution in [-0.2, 0) is 9.59 Å². The molecule has 2 aliphatic heterocycles. The van der Waals surface area contributed by atoms with Gasteiger partial charge in [-0.15, -0.1) is 0 Å². The number of fused-ring (bicyclic) bond motifs is 2. The molecule has 4 rings (SSSR count). The Labute approximate surface area is 185 Å². The summed E-state index contributed by atoms with van der Waals surface area (Å²) in [4.78, 5) is 28.2. The lowest BCUT2D eigenvalue weighted by Gasteiger charge is -2.33. The number of ether oxygens (including phenoxy) is 1. The molecule has 2 amide bonds. The molecule has 2 N–H and O–H groups in total. The Morgan fingerprint density at radius 1 is 1.06 bits per heavy atom. The van der Waals surface area contributed by atoms with Gasteiger partial charge in [-0.25, -0.2) is 4.39 Å². The van der Waals surface area contributed by atoms with Gasteiger partial charge in [0.2, 0.25) is 11.8 Å². The average molecular weight is 480 g/mol. The number of alkyl halides is 5. The number of anilines is 1. The average Bonchev–Trinajstić information content (AvgIpc) is 3.21. The van der Waals surface area contributed by atoms with E-state index in [4.69, 9.17) is 0 Å². The van der Waals surface area contributed by atoms with Crippen molar-refractivity contribution in [3.63, 3.8) is 0 Å².